The molecular weight excluding hydrogens is 292 g/mol. The van der Waals surface area contributed by atoms with Crippen LogP contribution in [0.3, 0.4) is 0 Å². The van der Waals surface area contributed by atoms with Crippen molar-refractivity contribution in [2.75, 3.05) is 18.6 Å². The van der Waals surface area contributed by atoms with E-state index in [1.165, 1.54) is 12.0 Å². The minimum atomic E-state index is -0.803. The monoisotopic (exact) mass is 308 g/mol. The van der Waals surface area contributed by atoms with Crippen LogP contribution < -0.4 is 15.0 Å². The number of nitrogens with zero attached hydrogens (tertiary/aromatic N) is 1. The van der Waals surface area contributed by atoms with Crippen LogP contribution in [0.2, 0.25) is 5.02 Å². The molecule has 1 unspecified atom stereocenters. The average molecular weight is 309 g/mol. The zero-order valence-corrected chi connectivity index (χ0v) is 12.7. The lowest BCUT2D eigenvalue weighted by atomic mass is 9.91. The molecule has 1 atom stereocenters. The number of piperazine rings is 1. The smallest absolute Gasteiger partial charge is 0.253 e. The number of hydrogen-bond acceptors (Lipinski definition) is 3. The molecule has 1 aliphatic carbocycles. The van der Waals surface area contributed by atoms with E-state index < -0.39 is 5.54 Å². The van der Waals surface area contributed by atoms with Gasteiger partial charge in [0.2, 0.25) is 5.91 Å². The lowest BCUT2D eigenvalue weighted by molar-refractivity contribution is -0.136. The predicted molar refractivity (Wildman–Crippen MR) is 79.6 cm³/mol. The Balaban J connectivity index is 1.97. The largest absolute Gasteiger partial charge is 0.495 e. The van der Waals surface area contributed by atoms with Crippen molar-refractivity contribution < 1.29 is 14.3 Å². The lowest BCUT2D eigenvalue weighted by Gasteiger charge is -2.40. The van der Waals surface area contributed by atoms with Gasteiger partial charge in [0.15, 0.2) is 0 Å². The van der Waals surface area contributed by atoms with E-state index in [0.29, 0.717) is 16.5 Å². The molecule has 2 aliphatic rings. The van der Waals surface area contributed by atoms with Crippen LogP contribution in [-0.4, -0.2) is 31.0 Å². The fraction of sp³-hybridized carbons (Fsp3) is 0.467. The van der Waals surface area contributed by atoms with Crippen LogP contribution in [0.15, 0.2) is 18.2 Å². The number of amides is 2. The molecule has 2 amide bonds. The summed E-state index contributed by atoms with van der Waals surface area (Å²) >= 11 is 6.01. The molecule has 2 fully saturated rings. The van der Waals surface area contributed by atoms with Crippen molar-refractivity contribution in [3.63, 3.8) is 0 Å². The average Bonchev–Trinajstić information content (AvgIpc) is 3.28. The third-order valence-corrected chi connectivity index (χ3v) is 4.54. The fourth-order valence-electron chi connectivity index (χ4n) is 2.84. The number of methoxy groups -OCH3 is 1. The first-order valence-corrected chi connectivity index (χ1v) is 7.30. The number of nitrogens with one attached hydrogen (secondary N) is 1. The minimum absolute atomic E-state index is 0.0198. The maximum Gasteiger partial charge on any atom is 0.253 e. The van der Waals surface area contributed by atoms with Gasteiger partial charge in [0.05, 0.1) is 12.1 Å². The highest BCUT2D eigenvalue weighted by Crippen LogP contribution is 2.42. The Morgan fingerprint density at radius 1 is 1.38 bits per heavy atom. The first-order valence-electron chi connectivity index (χ1n) is 6.92. The third kappa shape index (κ3) is 2.35. The summed E-state index contributed by atoms with van der Waals surface area (Å²) in [6, 6.07) is 5.09. The van der Waals surface area contributed by atoms with E-state index in [1.54, 1.807) is 18.2 Å². The quantitative estimate of drug-likeness (QED) is 0.929. The van der Waals surface area contributed by atoms with Gasteiger partial charge >= 0.3 is 0 Å². The second-order valence-electron chi connectivity index (χ2n) is 5.73. The summed E-state index contributed by atoms with van der Waals surface area (Å²) in [5.41, 5.74) is -0.176. The van der Waals surface area contributed by atoms with Crippen molar-refractivity contribution in [3.05, 3.63) is 23.2 Å². The standard InChI is InChI=1S/C15H17ClN2O3/c1-15(9-3-4-9)14(20)18(8-13(19)17-15)10-5-6-11(16)12(7-10)21-2/h5-7,9H,3-4,8H2,1-2H3,(H,17,19). The van der Waals surface area contributed by atoms with Crippen LogP contribution in [0.1, 0.15) is 19.8 Å². The molecule has 1 N–H and O–H groups in total. The number of ether oxygens (including phenoxy) is 1. The molecule has 1 heterocycles. The number of halogens is 1. The summed E-state index contributed by atoms with van der Waals surface area (Å²) < 4.78 is 5.18. The first-order chi connectivity index (χ1) is 9.95. The third-order valence-electron chi connectivity index (χ3n) is 4.23. The van der Waals surface area contributed by atoms with Crippen molar-refractivity contribution in [3.8, 4) is 5.75 Å². The highest BCUT2D eigenvalue weighted by molar-refractivity contribution is 6.32. The van der Waals surface area contributed by atoms with Crippen molar-refractivity contribution in [2.24, 2.45) is 5.92 Å². The topological polar surface area (TPSA) is 58.6 Å². The molecule has 6 heteroatoms. The number of hydrogen-bond donors (Lipinski definition) is 1. The molecule has 1 aliphatic heterocycles. The Labute approximate surface area is 128 Å². The van der Waals surface area contributed by atoms with E-state index in [9.17, 15) is 9.59 Å². The van der Waals surface area contributed by atoms with Crippen LogP contribution in [0.25, 0.3) is 0 Å². The highest BCUT2D eigenvalue weighted by atomic mass is 35.5. The lowest BCUT2D eigenvalue weighted by Crippen LogP contribution is -2.66. The SMILES string of the molecule is COc1cc(N2CC(=O)NC(C)(C3CC3)C2=O)ccc1Cl. The van der Waals surface area contributed by atoms with Gasteiger partial charge in [-0.25, -0.2) is 0 Å². The van der Waals surface area contributed by atoms with E-state index in [0.717, 1.165) is 12.8 Å². The summed E-state index contributed by atoms with van der Waals surface area (Å²) in [6.45, 7) is 1.83. The summed E-state index contributed by atoms with van der Waals surface area (Å²) in [6.07, 6.45) is 1.95. The first kappa shape index (κ1) is 14.2. The van der Waals surface area contributed by atoms with Gasteiger partial charge in [-0.1, -0.05) is 11.6 Å². The Hall–Kier alpha value is -1.75. The van der Waals surface area contributed by atoms with Crippen molar-refractivity contribution >= 4 is 29.1 Å². The van der Waals surface area contributed by atoms with Crippen LogP contribution in [-0.2, 0) is 9.59 Å². The van der Waals surface area contributed by atoms with E-state index in [4.69, 9.17) is 16.3 Å². The summed E-state index contributed by atoms with van der Waals surface area (Å²) in [5, 5.41) is 3.33. The molecule has 3 rings (SSSR count). The van der Waals surface area contributed by atoms with Crippen molar-refractivity contribution in [1.82, 2.24) is 5.32 Å². The fourth-order valence-corrected chi connectivity index (χ4v) is 3.04. The molecule has 1 aromatic rings. The van der Waals surface area contributed by atoms with Gasteiger partial charge in [0, 0.05) is 11.8 Å². The van der Waals surface area contributed by atoms with Crippen molar-refractivity contribution in [2.45, 2.75) is 25.3 Å². The van der Waals surface area contributed by atoms with E-state index in [1.807, 2.05) is 6.92 Å². The number of carbonyl (C=O) groups excluding carboxylic acids is 2. The predicted octanol–water partition coefficient (Wildman–Crippen LogP) is 1.98. The minimum Gasteiger partial charge on any atom is -0.495 e. The van der Waals surface area contributed by atoms with Gasteiger partial charge in [-0.2, -0.15) is 0 Å². The normalized spacial score (nSPS) is 25.8. The van der Waals surface area contributed by atoms with Gasteiger partial charge in [-0.15, -0.1) is 0 Å². The maximum atomic E-state index is 12.8. The van der Waals surface area contributed by atoms with E-state index in [-0.39, 0.29) is 24.3 Å². The molecule has 1 saturated heterocycles. The molecule has 5 nitrogen and oxygen atoms in total. The van der Waals surface area contributed by atoms with Crippen LogP contribution in [0, 0.1) is 5.92 Å². The van der Waals surface area contributed by atoms with Gasteiger partial charge in [0.1, 0.15) is 17.8 Å². The Morgan fingerprint density at radius 2 is 2.10 bits per heavy atom. The Morgan fingerprint density at radius 3 is 2.71 bits per heavy atom. The van der Waals surface area contributed by atoms with Crippen LogP contribution in [0.5, 0.6) is 5.75 Å². The van der Waals surface area contributed by atoms with E-state index in [2.05, 4.69) is 5.32 Å². The second-order valence-corrected chi connectivity index (χ2v) is 6.14. The summed E-state index contributed by atoms with van der Waals surface area (Å²) in [5.74, 6) is 0.499. The molecule has 21 heavy (non-hydrogen) atoms. The zero-order valence-electron chi connectivity index (χ0n) is 12.0. The number of anilines is 1. The van der Waals surface area contributed by atoms with E-state index >= 15 is 0 Å². The molecular formula is C15H17ClN2O3. The molecule has 0 spiro atoms. The molecule has 1 saturated carbocycles. The van der Waals surface area contributed by atoms with Crippen LogP contribution in [0.4, 0.5) is 5.69 Å². The summed E-state index contributed by atoms with van der Waals surface area (Å²) in [4.78, 5) is 26.3. The van der Waals surface area contributed by atoms with Gasteiger partial charge in [-0.05, 0) is 37.8 Å². The molecule has 0 radical (unpaired) electrons. The molecule has 0 aromatic heterocycles. The van der Waals surface area contributed by atoms with Gasteiger partial charge in [-0.3, -0.25) is 9.59 Å². The van der Waals surface area contributed by atoms with Crippen LogP contribution >= 0.6 is 11.6 Å². The molecule has 0 bridgehead atoms. The maximum absolute atomic E-state index is 12.8. The highest BCUT2D eigenvalue weighted by Gasteiger charge is 2.52. The second kappa shape index (κ2) is 4.91. The number of carbonyl (C=O) groups is 2. The van der Waals surface area contributed by atoms with Crippen molar-refractivity contribution in [1.29, 1.82) is 0 Å². The Kier molecular flexibility index (Phi) is 3.32. The zero-order chi connectivity index (χ0) is 15.2. The van der Waals surface area contributed by atoms with Gasteiger partial charge in [0.25, 0.3) is 5.91 Å². The number of rotatable bonds is 3. The molecule has 112 valence electrons. The van der Waals surface area contributed by atoms with Gasteiger partial charge < -0.3 is 15.0 Å². The summed E-state index contributed by atoms with van der Waals surface area (Å²) in [7, 11) is 1.52. The number of benzene rings is 1. The molecule has 1 aromatic carbocycles. The Bertz CT molecular complexity index is 615.